The molecular formula is C18H23N3O4. The van der Waals surface area contributed by atoms with E-state index in [9.17, 15) is 4.79 Å². The molecule has 4 heterocycles. The van der Waals surface area contributed by atoms with Crippen LogP contribution in [-0.4, -0.2) is 58.6 Å². The molecule has 2 aliphatic heterocycles. The van der Waals surface area contributed by atoms with E-state index < -0.39 is 5.60 Å². The van der Waals surface area contributed by atoms with Crippen molar-refractivity contribution in [3.8, 4) is 0 Å². The van der Waals surface area contributed by atoms with Crippen molar-refractivity contribution < 1.29 is 18.7 Å². The zero-order valence-corrected chi connectivity index (χ0v) is 14.4. The topological polar surface area (TPSA) is 69.7 Å². The fourth-order valence-corrected chi connectivity index (χ4v) is 3.72. The maximum Gasteiger partial charge on any atom is 0.257 e. The van der Waals surface area contributed by atoms with Gasteiger partial charge in [0.2, 0.25) is 0 Å². The predicted octanol–water partition coefficient (Wildman–Crippen LogP) is 1.87. The second-order valence-electron chi connectivity index (χ2n) is 6.86. The molecule has 0 N–H and O–H groups in total. The second-order valence-corrected chi connectivity index (χ2v) is 6.86. The fourth-order valence-electron chi connectivity index (χ4n) is 3.72. The summed E-state index contributed by atoms with van der Waals surface area (Å²) in [5, 5.41) is 4.25. The Kier molecular flexibility index (Phi) is 4.35. The van der Waals surface area contributed by atoms with Gasteiger partial charge in [-0.2, -0.15) is 5.10 Å². The van der Waals surface area contributed by atoms with Crippen LogP contribution in [0.5, 0.6) is 0 Å². The lowest BCUT2D eigenvalue weighted by molar-refractivity contribution is -0.0881. The summed E-state index contributed by atoms with van der Waals surface area (Å²) in [7, 11) is 0. The summed E-state index contributed by atoms with van der Waals surface area (Å²) in [5.41, 5.74) is 0.185. The molecule has 1 amide bonds. The van der Waals surface area contributed by atoms with Crippen LogP contribution in [0.2, 0.25) is 0 Å². The van der Waals surface area contributed by atoms with Crippen molar-refractivity contribution in [2.45, 2.75) is 38.0 Å². The standard InChI is InChI=1S/C18H23N3O4/c1-14-16(4-9-24-14)17(22)20-8-10-23-13-18(12-20)5-3-15(25-18)11-21-7-2-6-19-21/h2,4,6-7,9,15H,3,5,8,10-13H2,1H3. The number of amides is 1. The summed E-state index contributed by atoms with van der Waals surface area (Å²) in [6.07, 6.45) is 7.18. The third-order valence-corrected chi connectivity index (χ3v) is 5.01. The van der Waals surface area contributed by atoms with Crippen molar-refractivity contribution in [1.82, 2.24) is 14.7 Å². The molecule has 0 bridgehead atoms. The van der Waals surface area contributed by atoms with Crippen molar-refractivity contribution >= 4 is 5.91 Å². The highest BCUT2D eigenvalue weighted by Crippen LogP contribution is 2.34. The van der Waals surface area contributed by atoms with Gasteiger partial charge in [-0.15, -0.1) is 0 Å². The average Bonchev–Trinajstić information content (AvgIpc) is 3.30. The van der Waals surface area contributed by atoms with Crippen LogP contribution in [-0.2, 0) is 16.0 Å². The van der Waals surface area contributed by atoms with Crippen LogP contribution < -0.4 is 0 Å². The van der Waals surface area contributed by atoms with Gasteiger partial charge in [0.25, 0.3) is 5.91 Å². The molecule has 0 saturated carbocycles. The lowest BCUT2D eigenvalue weighted by Crippen LogP contribution is -2.47. The summed E-state index contributed by atoms with van der Waals surface area (Å²) in [6.45, 7) is 4.70. The molecule has 25 heavy (non-hydrogen) atoms. The van der Waals surface area contributed by atoms with E-state index in [0.717, 1.165) is 19.4 Å². The van der Waals surface area contributed by atoms with E-state index in [4.69, 9.17) is 13.9 Å². The first kappa shape index (κ1) is 16.4. The van der Waals surface area contributed by atoms with Gasteiger partial charge in [-0.3, -0.25) is 9.48 Å². The van der Waals surface area contributed by atoms with Gasteiger partial charge in [0.15, 0.2) is 0 Å². The minimum atomic E-state index is -0.429. The van der Waals surface area contributed by atoms with Crippen LogP contribution in [0.1, 0.15) is 29.0 Å². The highest BCUT2D eigenvalue weighted by molar-refractivity contribution is 5.95. The van der Waals surface area contributed by atoms with Crippen molar-refractivity contribution in [1.29, 1.82) is 0 Å². The average molecular weight is 345 g/mol. The first-order valence-electron chi connectivity index (χ1n) is 8.72. The van der Waals surface area contributed by atoms with Crippen molar-refractivity contribution in [3.05, 3.63) is 42.1 Å². The Morgan fingerprint density at radius 3 is 3.16 bits per heavy atom. The Bertz CT molecular complexity index is 727. The highest BCUT2D eigenvalue weighted by atomic mass is 16.6. The summed E-state index contributed by atoms with van der Waals surface area (Å²) in [5.74, 6) is 0.628. The van der Waals surface area contributed by atoms with Crippen LogP contribution >= 0.6 is 0 Å². The molecule has 2 saturated heterocycles. The molecule has 7 nitrogen and oxygen atoms in total. The molecule has 2 unspecified atom stereocenters. The van der Waals surface area contributed by atoms with Gasteiger partial charge in [-0.05, 0) is 31.9 Å². The van der Waals surface area contributed by atoms with Crippen molar-refractivity contribution in [2.75, 3.05) is 26.3 Å². The van der Waals surface area contributed by atoms with Gasteiger partial charge >= 0.3 is 0 Å². The lowest BCUT2D eigenvalue weighted by atomic mass is 9.99. The number of carbonyl (C=O) groups excluding carboxylic acids is 1. The van der Waals surface area contributed by atoms with Gasteiger partial charge in [0.1, 0.15) is 11.4 Å². The van der Waals surface area contributed by atoms with Gasteiger partial charge in [0.05, 0.1) is 44.2 Å². The van der Waals surface area contributed by atoms with Crippen LogP contribution in [0.3, 0.4) is 0 Å². The molecule has 2 aliphatic rings. The van der Waals surface area contributed by atoms with E-state index in [1.807, 2.05) is 28.8 Å². The second kappa shape index (κ2) is 6.65. The first-order chi connectivity index (χ1) is 12.2. The third-order valence-electron chi connectivity index (χ3n) is 5.01. The van der Waals surface area contributed by atoms with Crippen LogP contribution in [0.15, 0.2) is 35.2 Å². The zero-order valence-electron chi connectivity index (χ0n) is 14.4. The molecule has 7 heteroatoms. The van der Waals surface area contributed by atoms with Crippen LogP contribution in [0.25, 0.3) is 0 Å². The van der Waals surface area contributed by atoms with E-state index in [-0.39, 0.29) is 12.0 Å². The Hall–Kier alpha value is -2.12. The molecule has 4 rings (SSSR count). The number of rotatable bonds is 3. The minimum Gasteiger partial charge on any atom is -0.469 e. The molecule has 0 radical (unpaired) electrons. The van der Waals surface area contributed by atoms with Crippen LogP contribution in [0.4, 0.5) is 0 Å². The fraction of sp³-hybridized carbons (Fsp3) is 0.556. The van der Waals surface area contributed by atoms with E-state index in [0.29, 0.717) is 37.6 Å². The van der Waals surface area contributed by atoms with E-state index >= 15 is 0 Å². The number of aromatic nitrogens is 2. The first-order valence-corrected chi connectivity index (χ1v) is 8.72. The molecule has 2 fully saturated rings. The SMILES string of the molecule is Cc1occc1C(=O)N1CCOCC2(CCC(Cn3cccn3)O2)C1. The molecular weight excluding hydrogens is 322 g/mol. The number of carbonyl (C=O) groups is 1. The van der Waals surface area contributed by atoms with E-state index in [1.165, 1.54) is 0 Å². The minimum absolute atomic E-state index is 0.0183. The largest absolute Gasteiger partial charge is 0.469 e. The normalized spacial score (nSPS) is 26.9. The quantitative estimate of drug-likeness (QED) is 0.849. The number of hydrogen-bond donors (Lipinski definition) is 0. The monoisotopic (exact) mass is 345 g/mol. The molecule has 2 aromatic heterocycles. The predicted molar refractivity (Wildman–Crippen MR) is 89.2 cm³/mol. The van der Waals surface area contributed by atoms with Crippen molar-refractivity contribution in [3.63, 3.8) is 0 Å². The summed E-state index contributed by atoms with van der Waals surface area (Å²) in [4.78, 5) is 14.7. The molecule has 0 aromatic carbocycles. The number of aryl methyl sites for hydroxylation is 1. The Balaban J connectivity index is 1.46. The Labute approximate surface area is 146 Å². The molecule has 134 valence electrons. The van der Waals surface area contributed by atoms with Crippen LogP contribution in [0, 0.1) is 6.92 Å². The van der Waals surface area contributed by atoms with E-state index in [2.05, 4.69) is 5.10 Å². The summed E-state index contributed by atoms with van der Waals surface area (Å²) < 4.78 is 19.3. The Morgan fingerprint density at radius 2 is 2.40 bits per heavy atom. The number of nitrogens with zero attached hydrogens (tertiary/aromatic N) is 3. The van der Waals surface area contributed by atoms with Gasteiger partial charge in [-0.1, -0.05) is 0 Å². The van der Waals surface area contributed by atoms with Crippen molar-refractivity contribution in [2.24, 2.45) is 0 Å². The van der Waals surface area contributed by atoms with E-state index in [1.54, 1.807) is 18.5 Å². The highest BCUT2D eigenvalue weighted by Gasteiger charge is 2.44. The maximum atomic E-state index is 12.9. The van der Waals surface area contributed by atoms with Gasteiger partial charge in [-0.25, -0.2) is 0 Å². The number of furan rings is 1. The maximum absolute atomic E-state index is 12.9. The number of ether oxygens (including phenoxy) is 2. The molecule has 0 aliphatic carbocycles. The lowest BCUT2D eigenvalue weighted by Gasteiger charge is -2.32. The smallest absolute Gasteiger partial charge is 0.257 e. The molecule has 2 atom stereocenters. The number of hydrogen-bond acceptors (Lipinski definition) is 5. The van der Waals surface area contributed by atoms with Gasteiger partial charge < -0.3 is 18.8 Å². The third kappa shape index (κ3) is 3.34. The summed E-state index contributed by atoms with van der Waals surface area (Å²) >= 11 is 0. The molecule has 1 spiro atoms. The molecule has 2 aromatic rings. The Morgan fingerprint density at radius 1 is 1.48 bits per heavy atom. The van der Waals surface area contributed by atoms with Gasteiger partial charge in [0, 0.05) is 18.9 Å². The zero-order chi connectivity index (χ0) is 17.3. The summed E-state index contributed by atoms with van der Waals surface area (Å²) in [6, 6.07) is 3.64.